The highest BCUT2D eigenvalue weighted by atomic mass is 16.5. The summed E-state index contributed by atoms with van der Waals surface area (Å²) >= 11 is 0. The number of nitrogens with two attached hydrogens (primary N) is 1. The topological polar surface area (TPSA) is 35.2 Å². The molecule has 0 unspecified atom stereocenters. The number of ether oxygens (including phenoxy) is 1. The average molecular weight is 271 g/mol. The third kappa shape index (κ3) is 2.29. The van der Waals surface area contributed by atoms with Crippen molar-refractivity contribution in [1.82, 2.24) is 0 Å². The molecule has 0 aromatic heterocycles. The average Bonchev–Trinajstić information content (AvgIpc) is 2.46. The highest BCUT2D eigenvalue weighted by Gasteiger charge is 2.48. The zero-order chi connectivity index (χ0) is 13.5. The van der Waals surface area contributed by atoms with Gasteiger partial charge in [-0.15, -0.1) is 0 Å². The molecule has 2 nitrogen and oxygen atoms in total. The maximum absolute atomic E-state index is 6.36. The summed E-state index contributed by atoms with van der Waals surface area (Å²) in [5.74, 6) is 3.75. The van der Waals surface area contributed by atoms with Crippen molar-refractivity contribution >= 4 is 0 Å². The highest BCUT2D eigenvalue weighted by Crippen LogP contribution is 2.54. The van der Waals surface area contributed by atoms with Crippen LogP contribution >= 0.6 is 0 Å². The summed E-state index contributed by atoms with van der Waals surface area (Å²) in [4.78, 5) is 0. The molecule has 0 spiro atoms. The molecular formula is C18H25NO. The second kappa shape index (κ2) is 5.16. The third-order valence-corrected chi connectivity index (χ3v) is 5.81. The van der Waals surface area contributed by atoms with Gasteiger partial charge in [0.25, 0.3) is 0 Å². The molecule has 1 aromatic rings. The van der Waals surface area contributed by atoms with E-state index in [0.717, 1.165) is 30.3 Å². The highest BCUT2D eigenvalue weighted by molar-refractivity contribution is 5.22. The Morgan fingerprint density at radius 1 is 0.950 bits per heavy atom. The van der Waals surface area contributed by atoms with Gasteiger partial charge in [-0.25, -0.2) is 0 Å². The van der Waals surface area contributed by atoms with Gasteiger partial charge in [-0.2, -0.15) is 0 Å². The van der Waals surface area contributed by atoms with Crippen molar-refractivity contribution in [2.75, 3.05) is 0 Å². The lowest BCUT2D eigenvalue weighted by atomic mass is 9.55. The van der Waals surface area contributed by atoms with E-state index in [2.05, 4.69) is 24.3 Å². The first-order valence-corrected chi connectivity index (χ1v) is 8.21. The van der Waals surface area contributed by atoms with Crippen molar-refractivity contribution in [1.29, 1.82) is 0 Å². The molecule has 0 heterocycles. The summed E-state index contributed by atoms with van der Waals surface area (Å²) in [6.07, 6.45) is 7.77. The summed E-state index contributed by atoms with van der Waals surface area (Å²) in [7, 11) is 0. The number of hydrogen-bond donors (Lipinski definition) is 1. The molecule has 0 amide bonds. The molecule has 0 saturated heterocycles. The van der Waals surface area contributed by atoms with E-state index in [4.69, 9.17) is 10.5 Å². The van der Waals surface area contributed by atoms with Gasteiger partial charge in [0.1, 0.15) is 0 Å². The Hall–Kier alpha value is -0.860. The minimum absolute atomic E-state index is 0.532. The van der Waals surface area contributed by atoms with Gasteiger partial charge in [0.15, 0.2) is 0 Å². The normalized spacial score (nSPS) is 38.4. The Kier molecular flexibility index (Phi) is 3.31. The van der Waals surface area contributed by atoms with Gasteiger partial charge in [-0.05, 0) is 66.9 Å². The Balaban J connectivity index is 1.42. The van der Waals surface area contributed by atoms with Crippen molar-refractivity contribution in [2.24, 2.45) is 29.4 Å². The van der Waals surface area contributed by atoms with Crippen LogP contribution in [0.15, 0.2) is 24.3 Å². The van der Waals surface area contributed by atoms with Crippen LogP contribution in [0.3, 0.4) is 0 Å². The predicted octanol–water partition coefficient (Wildman–Crippen LogP) is 3.49. The molecule has 1 aromatic carbocycles. The molecule has 2 N–H and O–H groups in total. The van der Waals surface area contributed by atoms with Gasteiger partial charge >= 0.3 is 0 Å². The van der Waals surface area contributed by atoms with Gasteiger partial charge in [-0.1, -0.05) is 24.3 Å². The first kappa shape index (κ1) is 12.8. The van der Waals surface area contributed by atoms with Crippen LogP contribution in [0.5, 0.6) is 0 Å². The largest absolute Gasteiger partial charge is 0.373 e. The summed E-state index contributed by atoms with van der Waals surface area (Å²) < 4.78 is 6.36. The standard InChI is InChI=1S/C18H25NO/c19-10-12-2-1-3-13(4-12)11-20-18-16-6-14-5-15(8-16)9-17(18)7-14/h1-4,14-18H,5-11,19H2. The van der Waals surface area contributed by atoms with Crippen LogP contribution in [-0.4, -0.2) is 6.10 Å². The third-order valence-electron chi connectivity index (χ3n) is 5.81. The van der Waals surface area contributed by atoms with Crippen molar-refractivity contribution < 1.29 is 4.74 Å². The second-order valence-corrected chi connectivity index (χ2v) is 7.23. The van der Waals surface area contributed by atoms with E-state index in [-0.39, 0.29) is 0 Å². The molecule has 0 aliphatic heterocycles. The van der Waals surface area contributed by atoms with E-state index in [0.29, 0.717) is 12.6 Å². The van der Waals surface area contributed by atoms with E-state index in [1.807, 2.05) is 0 Å². The van der Waals surface area contributed by atoms with Crippen LogP contribution in [0.2, 0.25) is 0 Å². The van der Waals surface area contributed by atoms with E-state index in [1.54, 1.807) is 0 Å². The zero-order valence-electron chi connectivity index (χ0n) is 12.1. The van der Waals surface area contributed by atoms with Gasteiger partial charge in [0, 0.05) is 6.54 Å². The zero-order valence-corrected chi connectivity index (χ0v) is 12.1. The summed E-state index contributed by atoms with van der Waals surface area (Å²) in [5.41, 5.74) is 8.20. The SMILES string of the molecule is NCc1cccc(COC2C3CC4CC(C3)CC2C4)c1. The molecule has 4 saturated carbocycles. The Morgan fingerprint density at radius 2 is 1.60 bits per heavy atom. The van der Waals surface area contributed by atoms with Gasteiger partial charge in [-0.3, -0.25) is 0 Å². The molecule has 0 radical (unpaired) electrons. The fraction of sp³-hybridized carbons (Fsp3) is 0.667. The van der Waals surface area contributed by atoms with E-state index in [1.165, 1.54) is 43.2 Å². The van der Waals surface area contributed by atoms with Crippen LogP contribution in [0, 0.1) is 23.7 Å². The molecule has 4 bridgehead atoms. The van der Waals surface area contributed by atoms with Crippen molar-refractivity contribution in [3.05, 3.63) is 35.4 Å². The van der Waals surface area contributed by atoms with E-state index in [9.17, 15) is 0 Å². The quantitative estimate of drug-likeness (QED) is 0.910. The fourth-order valence-corrected chi connectivity index (χ4v) is 5.19. The molecule has 4 fully saturated rings. The molecule has 5 rings (SSSR count). The lowest BCUT2D eigenvalue weighted by molar-refractivity contribution is -0.132. The summed E-state index contributed by atoms with van der Waals surface area (Å²) in [6.45, 7) is 1.38. The number of hydrogen-bond acceptors (Lipinski definition) is 2. The van der Waals surface area contributed by atoms with Gasteiger partial charge < -0.3 is 10.5 Å². The molecular weight excluding hydrogens is 246 g/mol. The Morgan fingerprint density at radius 3 is 2.25 bits per heavy atom. The first-order chi connectivity index (χ1) is 9.81. The van der Waals surface area contributed by atoms with Crippen LogP contribution in [0.4, 0.5) is 0 Å². The van der Waals surface area contributed by atoms with Gasteiger partial charge in [0.05, 0.1) is 12.7 Å². The smallest absolute Gasteiger partial charge is 0.0721 e. The van der Waals surface area contributed by atoms with E-state index < -0.39 is 0 Å². The minimum atomic E-state index is 0.532. The molecule has 20 heavy (non-hydrogen) atoms. The Bertz CT molecular complexity index is 456. The molecule has 4 aliphatic rings. The second-order valence-electron chi connectivity index (χ2n) is 7.23. The van der Waals surface area contributed by atoms with Crippen molar-refractivity contribution in [3.63, 3.8) is 0 Å². The van der Waals surface area contributed by atoms with E-state index >= 15 is 0 Å². The number of benzene rings is 1. The first-order valence-electron chi connectivity index (χ1n) is 8.21. The van der Waals surface area contributed by atoms with Gasteiger partial charge in [0.2, 0.25) is 0 Å². The monoisotopic (exact) mass is 271 g/mol. The van der Waals surface area contributed by atoms with Crippen LogP contribution in [0.25, 0.3) is 0 Å². The fourth-order valence-electron chi connectivity index (χ4n) is 5.19. The lowest BCUT2D eigenvalue weighted by Crippen LogP contribution is -2.49. The lowest BCUT2D eigenvalue weighted by Gasteiger charge is -2.54. The minimum Gasteiger partial charge on any atom is -0.373 e. The Labute approximate surface area is 121 Å². The predicted molar refractivity (Wildman–Crippen MR) is 80.0 cm³/mol. The molecule has 108 valence electrons. The summed E-state index contributed by atoms with van der Waals surface area (Å²) in [5, 5.41) is 0. The van der Waals surface area contributed by atoms with Crippen LogP contribution in [-0.2, 0) is 17.9 Å². The summed E-state index contributed by atoms with van der Waals surface area (Å²) in [6, 6.07) is 8.54. The van der Waals surface area contributed by atoms with Crippen LogP contribution < -0.4 is 5.73 Å². The number of rotatable bonds is 4. The molecule has 4 aliphatic carbocycles. The molecule has 2 heteroatoms. The molecule has 0 atom stereocenters. The van der Waals surface area contributed by atoms with Crippen molar-refractivity contribution in [2.45, 2.75) is 51.4 Å². The van der Waals surface area contributed by atoms with Crippen LogP contribution in [0.1, 0.15) is 43.2 Å². The van der Waals surface area contributed by atoms with Crippen molar-refractivity contribution in [3.8, 4) is 0 Å². The maximum atomic E-state index is 6.36. The maximum Gasteiger partial charge on any atom is 0.0721 e.